The molecule has 6 unspecified atom stereocenters. The third-order valence-electron chi connectivity index (χ3n) is 5.19. The lowest BCUT2D eigenvalue weighted by Crippen LogP contribution is -2.49. The molecule has 3 nitrogen and oxygen atoms in total. The molecule has 3 heteroatoms. The Hall–Kier alpha value is -0.120. The lowest BCUT2D eigenvalue weighted by molar-refractivity contribution is -0.890. The largest absolute Gasteiger partial charge is 0.375 e. The summed E-state index contributed by atoms with van der Waals surface area (Å²) in [4.78, 5) is 2.73. The molecule has 4 rings (SSSR count). The fourth-order valence-electron chi connectivity index (χ4n) is 4.42. The number of likely N-dealkylation sites (N-methyl/N-ethyl adjacent to an activating group) is 1. The van der Waals surface area contributed by atoms with Gasteiger partial charge in [0.25, 0.3) is 0 Å². The highest BCUT2D eigenvalue weighted by molar-refractivity contribution is 4.98. The molecule has 0 aromatic rings. The Morgan fingerprint density at radius 2 is 2.27 bits per heavy atom. The van der Waals surface area contributed by atoms with Gasteiger partial charge in [-0.05, 0) is 19.3 Å². The van der Waals surface area contributed by atoms with Gasteiger partial charge in [-0.25, -0.2) is 4.90 Å². The van der Waals surface area contributed by atoms with Crippen molar-refractivity contribution in [2.24, 2.45) is 5.92 Å². The fraction of sp³-hybridized carbons (Fsp3) is 1.00. The molecule has 0 amide bonds. The van der Waals surface area contributed by atoms with Crippen LogP contribution < -0.4 is 0 Å². The summed E-state index contributed by atoms with van der Waals surface area (Å²) in [5.41, 5.74) is 0. The zero-order chi connectivity index (χ0) is 10.0. The van der Waals surface area contributed by atoms with Gasteiger partial charge in [-0.15, -0.1) is 0 Å². The summed E-state index contributed by atoms with van der Waals surface area (Å²) in [6.07, 6.45) is 5.27. The van der Waals surface area contributed by atoms with Crippen molar-refractivity contribution < 1.29 is 9.22 Å². The van der Waals surface area contributed by atoms with Crippen LogP contribution in [0.4, 0.5) is 0 Å². The molecule has 4 aliphatic heterocycles. The first-order chi connectivity index (χ1) is 7.23. The van der Waals surface area contributed by atoms with Gasteiger partial charge in [-0.1, -0.05) is 0 Å². The minimum absolute atomic E-state index is 0.618. The number of nitrogens with zero attached hydrogens (tertiary/aromatic N) is 2. The number of ether oxygens (including phenoxy) is 1. The second-order valence-corrected chi connectivity index (χ2v) is 6.32. The second-order valence-electron chi connectivity index (χ2n) is 6.32. The Kier molecular flexibility index (Phi) is 1.65. The molecule has 6 atom stereocenters. The molecule has 0 aromatic heterocycles. The van der Waals surface area contributed by atoms with Crippen LogP contribution in [0.3, 0.4) is 0 Å². The van der Waals surface area contributed by atoms with Crippen LogP contribution in [0.25, 0.3) is 0 Å². The van der Waals surface area contributed by atoms with Gasteiger partial charge in [0, 0.05) is 5.92 Å². The zero-order valence-corrected chi connectivity index (χ0v) is 9.56. The topological polar surface area (TPSA) is 12.5 Å². The number of quaternary nitrogens is 1. The monoisotopic (exact) mass is 209 g/mol. The van der Waals surface area contributed by atoms with Crippen molar-refractivity contribution in [1.82, 2.24) is 4.90 Å². The summed E-state index contributed by atoms with van der Waals surface area (Å²) >= 11 is 0. The SMILES string of the molecule is C[N+]12CCN(C1)C(C1CC3CCC1O3)C2. The van der Waals surface area contributed by atoms with Crippen LogP contribution in [0.15, 0.2) is 0 Å². The van der Waals surface area contributed by atoms with E-state index in [1.807, 2.05) is 0 Å². The predicted octanol–water partition coefficient (Wildman–Crippen LogP) is 0.656. The Morgan fingerprint density at radius 3 is 2.80 bits per heavy atom. The molecule has 4 aliphatic rings. The van der Waals surface area contributed by atoms with Gasteiger partial charge in [-0.2, -0.15) is 0 Å². The van der Waals surface area contributed by atoms with E-state index < -0.39 is 0 Å². The molecule has 84 valence electrons. The molecule has 0 radical (unpaired) electrons. The number of piperazine rings is 1. The van der Waals surface area contributed by atoms with Gasteiger partial charge >= 0.3 is 0 Å². The summed E-state index contributed by atoms with van der Waals surface area (Å²) < 4.78 is 7.31. The van der Waals surface area contributed by atoms with E-state index in [1.165, 1.54) is 50.0 Å². The van der Waals surface area contributed by atoms with E-state index in [9.17, 15) is 0 Å². The molecule has 0 spiro atoms. The first-order valence-electron chi connectivity index (χ1n) is 6.47. The Bertz CT molecular complexity index is 295. The smallest absolute Gasteiger partial charge is 0.135 e. The molecule has 0 aromatic carbocycles. The Morgan fingerprint density at radius 1 is 1.33 bits per heavy atom. The Balaban J connectivity index is 1.55. The summed E-state index contributed by atoms with van der Waals surface area (Å²) in [7, 11) is 2.42. The van der Waals surface area contributed by atoms with Crippen LogP contribution in [0.5, 0.6) is 0 Å². The third kappa shape index (κ3) is 1.17. The van der Waals surface area contributed by atoms with Crippen LogP contribution in [-0.2, 0) is 4.74 Å². The van der Waals surface area contributed by atoms with E-state index in [0.29, 0.717) is 12.2 Å². The standard InChI is InChI=1S/C12H21N2O/c1-14-5-4-13(8-14)11(7-14)10-6-9-2-3-12(10)15-9/h9-12H,2-8H2,1H3/q+1. The average Bonchev–Trinajstić information content (AvgIpc) is 2.92. The summed E-state index contributed by atoms with van der Waals surface area (Å²) in [6.45, 7) is 5.39. The van der Waals surface area contributed by atoms with Gasteiger partial charge in [0.05, 0.1) is 44.9 Å². The predicted molar refractivity (Wildman–Crippen MR) is 57.3 cm³/mol. The van der Waals surface area contributed by atoms with Crippen molar-refractivity contribution in [3.8, 4) is 0 Å². The highest BCUT2D eigenvalue weighted by Gasteiger charge is 2.54. The quantitative estimate of drug-likeness (QED) is 0.588. The number of hydrogen-bond acceptors (Lipinski definition) is 2. The molecule has 4 fully saturated rings. The molecule has 4 saturated heterocycles. The van der Waals surface area contributed by atoms with Gasteiger partial charge in [0.15, 0.2) is 0 Å². The molecule has 0 N–H and O–H groups in total. The zero-order valence-electron chi connectivity index (χ0n) is 9.56. The maximum atomic E-state index is 6.00. The van der Waals surface area contributed by atoms with Crippen molar-refractivity contribution in [3.05, 3.63) is 0 Å². The van der Waals surface area contributed by atoms with E-state index in [-0.39, 0.29) is 0 Å². The molecule has 15 heavy (non-hydrogen) atoms. The van der Waals surface area contributed by atoms with E-state index in [4.69, 9.17) is 4.74 Å². The highest BCUT2D eigenvalue weighted by Crippen LogP contribution is 2.44. The summed E-state index contributed by atoms with van der Waals surface area (Å²) in [5.74, 6) is 0.865. The molecule has 4 bridgehead atoms. The van der Waals surface area contributed by atoms with Crippen molar-refractivity contribution in [2.75, 3.05) is 33.4 Å². The van der Waals surface area contributed by atoms with Crippen molar-refractivity contribution in [2.45, 2.75) is 37.5 Å². The number of fused-ring (bicyclic) bond motifs is 4. The minimum Gasteiger partial charge on any atom is -0.375 e. The summed E-state index contributed by atoms with van der Waals surface area (Å²) in [6, 6.07) is 0.846. The number of hydrogen-bond donors (Lipinski definition) is 0. The molecular formula is C12H21N2O+. The second kappa shape index (κ2) is 2.76. The van der Waals surface area contributed by atoms with E-state index in [2.05, 4.69) is 11.9 Å². The van der Waals surface area contributed by atoms with E-state index in [0.717, 1.165) is 12.0 Å². The van der Waals surface area contributed by atoms with E-state index >= 15 is 0 Å². The fourth-order valence-corrected chi connectivity index (χ4v) is 4.42. The van der Waals surface area contributed by atoms with Gasteiger partial charge in [-0.3, -0.25) is 0 Å². The van der Waals surface area contributed by atoms with Crippen LogP contribution in [0.1, 0.15) is 19.3 Å². The third-order valence-corrected chi connectivity index (χ3v) is 5.19. The van der Waals surface area contributed by atoms with Gasteiger partial charge in [0.1, 0.15) is 6.67 Å². The lowest BCUT2D eigenvalue weighted by atomic mass is 9.83. The molecule has 4 heterocycles. The van der Waals surface area contributed by atoms with Gasteiger partial charge in [0.2, 0.25) is 0 Å². The van der Waals surface area contributed by atoms with Crippen molar-refractivity contribution >= 4 is 0 Å². The maximum absolute atomic E-state index is 6.00. The van der Waals surface area contributed by atoms with Crippen LogP contribution in [0, 0.1) is 5.92 Å². The Labute approximate surface area is 91.6 Å². The minimum atomic E-state index is 0.618. The molecular weight excluding hydrogens is 188 g/mol. The van der Waals surface area contributed by atoms with Crippen LogP contribution >= 0.6 is 0 Å². The first-order valence-corrected chi connectivity index (χ1v) is 6.47. The maximum Gasteiger partial charge on any atom is 0.135 e. The summed E-state index contributed by atoms with van der Waals surface area (Å²) in [5, 5.41) is 0. The molecule has 0 saturated carbocycles. The van der Waals surface area contributed by atoms with Crippen LogP contribution in [0.2, 0.25) is 0 Å². The first kappa shape index (κ1) is 8.97. The molecule has 0 aliphatic carbocycles. The van der Waals surface area contributed by atoms with E-state index in [1.54, 1.807) is 0 Å². The lowest BCUT2D eigenvalue weighted by Gasteiger charge is -2.33. The highest BCUT2D eigenvalue weighted by atomic mass is 16.5. The van der Waals surface area contributed by atoms with Crippen molar-refractivity contribution in [1.29, 1.82) is 0 Å². The van der Waals surface area contributed by atoms with Crippen LogP contribution in [-0.4, -0.2) is 61.0 Å². The normalized spacial score (nSPS) is 61.8. The average molecular weight is 209 g/mol. The van der Waals surface area contributed by atoms with Crippen molar-refractivity contribution in [3.63, 3.8) is 0 Å². The number of rotatable bonds is 1. The van der Waals surface area contributed by atoms with Gasteiger partial charge < -0.3 is 9.22 Å².